The Labute approximate surface area is 130 Å². The fourth-order valence-electron chi connectivity index (χ4n) is 2.51. The van der Waals surface area contributed by atoms with E-state index in [4.69, 9.17) is 10.5 Å². The maximum Gasteiger partial charge on any atom is 0.410 e. The van der Waals surface area contributed by atoms with E-state index in [0.29, 0.717) is 24.3 Å². The second-order valence-corrected chi connectivity index (χ2v) is 6.53. The molecule has 1 fully saturated rings. The number of hydrogen-bond acceptors (Lipinski definition) is 4. The number of rotatable bonds is 1. The van der Waals surface area contributed by atoms with Crippen LogP contribution in [0.3, 0.4) is 0 Å². The SMILES string of the molecule is CC(C)(C)OC(=O)N1CCCNCC1c1ccc(N)cc1F. The highest BCUT2D eigenvalue weighted by molar-refractivity contribution is 5.69. The Morgan fingerprint density at radius 1 is 1.45 bits per heavy atom. The molecule has 6 heteroatoms. The molecule has 1 aromatic rings. The lowest BCUT2D eigenvalue weighted by molar-refractivity contribution is 0.0171. The molecule has 1 amide bonds. The van der Waals surface area contributed by atoms with Crippen LogP contribution in [0.2, 0.25) is 0 Å². The summed E-state index contributed by atoms with van der Waals surface area (Å²) in [7, 11) is 0. The van der Waals surface area contributed by atoms with Gasteiger partial charge in [-0.2, -0.15) is 0 Å². The predicted molar refractivity (Wildman–Crippen MR) is 84.0 cm³/mol. The second-order valence-electron chi connectivity index (χ2n) is 6.53. The van der Waals surface area contributed by atoms with E-state index in [9.17, 15) is 9.18 Å². The zero-order chi connectivity index (χ0) is 16.3. The Morgan fingerprint density at radius 3 is 2.82 bits per heavy atom. The van der Waals surface area contributed by atoms with Crippen molar-refractivity contribution in [2.75, 3.05) is 25.4 Å². The van der Waals surface area contributed by atoms with Crippen LogP contribution in [0.25, 0.3) is 0 Å². The first-order valence-electron chi connectivity index (χ1n) is 7.53. The maximum atomic E-state index is 14.3. The molecule has 0 aromatic heterocycles. The monoisotopic (exact) mass is 309 g/mol. The number of anilines is 1. The van der Waals surface area contributed by atoms with Gasteiger partial charge in [0.15, 0.2) is 0 Å². The fourth-order valence-corrected chi connectivity index (χ4v) is 2.51. The zero-order valence-corrected chi connectivity index (χ0v) is 13.4. The molecule has 2 rings (SSSR count). The van der Waals surface area contributed by atoms with Gasteiger partial charge in [-0.05, 0) is 45.9 Å². The second kappa shape index (κ2) is 6.52. The van der Waals surface area contributed by atoms with Gasteiger partial charge in [-0.3, -0.25) is 4.90 Å². The average molecular weight is 309 g/mol. The molecule has 1 atom stereocenters. The van der Waals surface area contributed by atoms with Crippen LogP contribution < -0.4 is 11.1 Å². The number of halogens is 1. The molecule has 0 bridgehead atoms. The number of nitrogens with one attached hydrogen (secondary N) is 1. The van der Waals surface area contributed by atoms with E-state index < -0.39 is 23.6 Å². The van der Waals surface area contributed by atoms with Gasteiger partial charge in [0.2, 0.25) is 0 Å². The van der Waals surface area contributed by atoms with Crippen molar-refractivity contribution >= 4 is 11.8 Å². The largest absolute Gasteiger partial charge is 0.444 e. The molecule has 1 aliphatic heterocycles. The van der Waals surface area contributed by atoms with Gasteiger partial charge in [-0.15, -0.1) is 0 Å². The number of carbonyl (C=O) groups excluding carboxylic acids is 1. The van der Waals surface area contributed by atoms with E-state index in [1.54, 1.807) is 17.0 Å². The summed E-state index contributed by atoms with van der Waals surface area (Å²) < 4.78 is 19.7. The number of nitrogens with two attached hydrogens (primary N) is 1. The van der Waals surface area contributed by atoms with Crippen molar-refractivity contribution in [3.63, 3.8) is 0 Å². The average Bonchev–Trinajstić information content (AvgIpc) is 2.62. The fraction of sp³-hybridized carbons (Fsp3) is 0.562. The first-order chi connectivity index (χ1) is 10.3. The molecule has 1 unspecified atom stereocenters. The topological polar surface area (TPSA) is 67.6 Å². The van der Waals surface area contributed by atoms with Crippen molar-refractivity contribution in [2.45, 2.75) is 38.8 Å². The molecule has 1 heterocycles. The van der Waals surface area contributed by atoms with Crippen molar-refractivity contribution in [3.05, 3.63) is 29.6 Å². The summed E-state index contributed by atoms with van der Waals surface area (Å²) in [5.74, 6) is -0.401. The standard InChI is InChI=1S/C16H24FN3O2/c1-16(2,3)22-15(21)20-8-4-7-19-10-14(20)12-6-5-11(18)9-13(12)17/h5-6,9,14,19H,4,7-8,10,18H2,1-3H3. The Morgan fingerprint density at radius 2 is 2.18 bits per heavy atom. The molecule has 22 heavy (non-hydrogen) atoms. The number of hydrogen-bond donors (Lipinski definition) is 2. The molecule has 5 nitrogen and oxygen atoms in total. The summed E-state index contributed by atoms with van der Waals surface area (Å²) in [6.45, 7) is 7.25. The molecule has 0 radical (unpaired) electrons. The minimum absolute atomic E-state index is 0.367. The van der Waals surface area contributed by atoms with E-state index in [-0.39, 0.29) is 0 Å². The van der Waals surface area contributed by atoms with E-state index in [1.165, 1.54) is 6.07 Å². The number of carbonyl (C=O) groups is 1. The molecule has 0 spiro atoms. The number of nitrogens with zero attached hydrogens (tertiary/aromatic N) is 1. The van der Waals surface area contributed by atoms with Crippen molar-refractivity contribution in [3.8, 4) is 0 Å². The summed E-state index contributed by atoms with van der Waals surface area (Å²) in [6.07, 6.45) is 0.379. The van der Waals surface area contributed by atoms with Gasteiger partial charge in [-0.25, -0.2) is 9.18 Å². The summed E-state index contributed by atoms with van der Waals surface area (Å²) >= 11 is 0. The van der Waals surface area contributed by atoms with Gasteiger partial charge in [0, 0.05) is 24.3 Å². The minimum atomic E-state index is -0.582. The lowest BCUT2D eigenvalue weighted by Gasteiger charge is -2.32. The van der Waals surface area contributed by atoms with Crippen molar-refractivity contribution in [1.82, 2.24) is 10.2 Å². The van der Waals surface area contributed by atoms with Crippen molar-refractivity contribution in [1.29, 1.82) is 0 Å². The van der Waals surface area contributed by atoms with Crippen LogP contribution in [0.15, 0.2) is 18.2 Å². The smallest absolute Gasteiger partial charge is 0.410 e. The molecule has 1 aliphatic rings. The summed E-state index contributed by atoms with van der Waals surface area (Å²) in [5, 5.41) is 3.24. The Bertz CT molecular complexity index is 543. The highest BCUT2D eigenvalue weighted by Gasteiger charge is 2.31. The van der Waals surface area contributed by atoms with Gasteiger partial charge >= 0.3 is 6.09 Å². The Kier molecular flexibility index (Phi) is 4.90. The molecule has 1 saturated heterocycles. The van der Waals surface area contributed by atoms with Crippen LogP contribution >= 0.6 is 0 Å². The van der Waals surface area contributed by atoms with Gasteiger partial charge in [0.05, 0.1) is 6.04 Å². The minimum Gasteiger partial charge on any atom is -0.444 e. The molecule has 3 N–H and O–H groups in total. The van der Waals surface area contributed by atoms with Crippen molar-refractivity contribution < 1.29 is 13.9 Å². The third-order valence-corrected chi connectivity index (χ3v) is 3.48. The van der Waals surface area contributed by atoms with E-state index in [1.807, 2.05) is 20.8 Å². The predicted octanol–water partition coefficient (Wildman–Crippen LogP) is 2.68. The highest BCUT2D eigenvalue weighted by atomic mass is 19.1. The van der Waals surface area contributed by atoms with Crippen LogP contribution in [0.5, 0.6) is 0 Å². The third kappa shape index (κ3) is 4.10. The van der Waals surface area contributed by atoms with Crippen LogP contribution in [-0.2, 0) is 4.74 Å². The molecule has 0 aliphatic carbocycles. The first-order valence-corrected chi connectivity index (χ1v) is 7.53. The number of amides is 1. The van der Waals surface area contributed by atoms with Gasteiger partial charge in [0.1, 0.15) is 11.4 Å². The summed E-state index contributed by atoms with van der Waals surface area (Å²) in [4.78, 5) is 14.1. The third-order valence-electron chi connectivity index (χ3n) is 3.48. The summed E-state index contributed by atoms with van der Waals surface area (Å²) in [5.41, 5.74) is 5.84. The normalized spacial score (nSPS) is 19.6. The van der Waals surface area contributed by atoms with Crippen LogP contribution in [0, 0.1) is 5.82 Å². The zero-order valence-electron chi connectivity index (χ0n) is 13.4. The van der Waals surface area contributed by atoms with Crippen LogP contribution in [0.4, 0.5) is 14.9 Å². The molecular weight excluding hydrogens is 285 g/mol. The van der Waals surface area contributed by atoms with Crippen LogP contribution in [0.1, 0.15) is 38.8 Å². The molecule has 0 saturated carbocycles. The molecule has 1 aromatic carbocycles. The lowest BCUT2D eigenvalue weighted by Crippen LogP contribution is -2.41. The maximum absolute atomic E-state index is 14.3. The molecular formula is C16H24FN3O2. The molecule has 122 valence electrons. The van der Waals surface area contributed by atoms with Crippen LogP contribution in [-0.4, -0.2) is 36.2 Å². The van der Waals surface area contributed by atoms with Gasteiger partial charge < -0.3 is 15.8 Å². The highest BCUT2D eigenvalue weighted by Crippen LogP contribution is 2.27. The van der Waals surface area contributed by atoms with E-state index in [2.05, 4.69) is 5.32 Å². The number of benzene rings is 1. The lowest BCUT2D eigenvalue weighted by atomic mass is 10.0. The van der Waals surface area contributed by atoms with E-state index >= 15 is 0 Å². The number of nitrogen functional groups attached to an aromatic ring is 1. The quantitative estimate of drug-likeness (QED) is 0.783. The van der Waals surface area contributed by atoms with Crippen molar-refractivity contribution in [2.24, 2.45) is 0 Å². The summed E-state index contributed by atoms with van der Waals surface area (Å²) in [6, 6.07) is 4.17. The van der Waals surface area contributed by atoms with E-state index in [0.717, 1.165) is 13.0 Å². The number of ether oxygens (including phenoxy) is 1. The Hall–Kier alpha value is -1.82. The first kappa shape index (κ1) is 16.5. The Balaban J connectivity index is 2.29. The van der Waals surface area contributed by atoms with Gasteiger partial charge in [-0.1, -0.05) is 6.07 Å². The van der Waals surface area contributed by atoms with Gasteiger partial charge in [0.25, 0.3) is 0 Å².